The number of nitrogens with zero attached hydrogens (tertiary/aromatic N) is 1. The maximum Gasteiger partial charge on any atom is 0.0471 e. The molecule has 0 radical (unpaired) electrons. The fourth-order valence-corrected chi connectivity index (χ4v) is 2.54. The zero-order valence-electron chi connectivity index (χ0n) is 9.75. The zero-order chi connectivity index (χ0) is 11.5. The van der Waals surface area contributed by atoms with Crippen LogP contribution in [0, 0.1) is 5.92 Å². The fourth-order valence-electron chi connectivity index (χ4n) is 2.30. The molecule has 2 N–H and O–H groups in total. The standard InChI is InChI=1S/C13H19ClN2/c1-10-5-7-16(8-6-10)13-4-2-3-12(14)11(13)9-15/h2-4,10H,5-9,15H2,1H3. The quantitative estimate of drug-likeness (QED) is 0.858. The van der Waals surface area contributed by atoms with E-state index in [0.29, 0.717) is 6.54 Å². The Morgan fingerprint density at radius 1 is 1.38 bits per heavy atom. The van der Waals surface area contributed by atoms with Crippen molar-refractivity contribution in [3.63, 3.8) is 0 Å². The van der Waals surface area contributed by atoms with Crippen LogP contribution in [0.1, 0.15) is 25.3 Å². The largest absolute Gasteiger partial charge is 0.371 e. The summed E-state index contributed by atoms with van der Waals surface area (Å²) in [6, 6.07) is 6.05. The third kappa shape index (κ3) is 2.33. The van der Waals surface area contributed by atoms with Crippen molar-refractivity contribution in [2.45, 2.75) is 26.3 Å². The molecule has 0 unspecified atom stereocenters. The summed E-state index contributed by atoms with van der Waals surface area (Å²) in [4.78, 5) is 2.41. The SMILES string of the molecule is CC1CCN(c2cccc(Cl)c2CN)CC1. The topological polar surface area (TPSA) is 29.3 Å². The molecule has 1 heterocycles. The molecule has 1 fully saturated rings. The predicted molar refractivity (Wildman–Crippen MR) is 70.0 cm³/mol. The highest BCUT2D eigenvalue weighted by molar-refractivity contribution is 6.31. The molecule has 0 aromatic heterocycles. The number of nitrogens with two attached hydrogens (primary N) is 1. The Balaban J connectivity index is 2.23. The first-order chi connectivity index (χ1) is 7.72. The molecule has 88 valence electrons. The molecule has 1 aromatic rings. The van der Waals surface area contributed by atoms with Gasteiger partial charge in [-0.15, -0.1) is 0 Å². The van der Waals surface area contributed by atoms with Gasteiger partial charge >= 0.3 is 0 Å². The predicted octanol–water partition coefficient (Wildman–Crippen LogP) is 3.04. The third-order valence-corrected chi connectivity index (χ3v) is 3.78. The molecule has 0 saturated carbocycles. The van der Waals surface area contributed by atoms with Crippen molar-refractivity contribution in [1.29, 1.82) is 0 Å². The number of hydrogen-bond donors (Lipinski definition) is 1. The minimum Gasteiger partial charge on any atom is -0.371 e. The minimum atomic E-state index is 0.515. The molecule has 1 aliphatic heterocycles. The van der Waals surface area contributed by atoms with E-state index in [1.54, 1.807) is 0 Å². The molecule has 0 spiro atoms. The molecule has 1 saturated heterocycles. The molecule has 1 aromatic carbocycles. The van der Waals surface area contributed by atoms with Crippen molar-refractivity contribution in [3.05, 3.63) is 28.8 Å². The van der Waals surface area contributed by atoms with Crippen LogP contribution in [-0.2, 0) is 6.54 Å². The van der Waals surface area contributed by atoms with Crippen molar-refractivity contribution >= 4 is 17.3 Å². The molecular weight excluding hydrogens is 220 g/mol. The van der Waals surface area contributed by atoms with Gasteiger partial charge in [-0.2, -0.15) is 0 Å². The highest BCUT2D eigenvalue weighted by Crippen LogP contribution is 2.30. The number of rotatable bonds is 2. The van der Waals surface area contributed by atoms with Crippen molar-refractivity contribution < 1.29 is 0 Å². The van der Waals surface area contributed by atoms with Crippen LogP contribution in [-0.4, -0.2) is 13.1 Å². The first-order valence-electron chi connectivity index (χ1n) is 5.94. The van der Waals surface area contributed by atoms with Gasteiger partial charge in [-0.05, 0) is 30.9 Å². The van der Waals surface area contributed by atoms with Crippen LogP contribution in [0.15, 0.2) is 18.2 Å². The Kier molecular flexibility index (Phi) is 3.72. The van der Waals surface area contributed by atoms with Gasteiger partial charge in [-0.3, -0.25) is 0 Å². The monoisotopic (exact) mass is 238 g/mol. The molecule has 2 rings (SSSR count). The van der Waals surface area contributed by atoms with Crippen molar-refractivity contribution in [3.8, 4) is 0 Å². The highest BCUT2D eigenvalue weighted by atomic mass is 35.5. The smallest absolute Gasteiger partial charge is 0.0471 e. The lowest BCUT2D eigenvalue weighted by Crippen LogP contribution is -2.33. The lowest BCUT2D eigenvalue weighted by atomic mass is 9.98. The lowest BCUT2D eigenvalue weighted by molar-refractivity contribution is 0.438. The van der Waals surface area contributed by atoms with Gasteiger partial charge in [-0.1, -0.05) is 24.6 Å². The van der Waals surface area contributed by atoms with Gasteiger partial charge in [0.05, 0.1) is 0 Å². The first-order valence-corrected chi connectivity index (χ1v) is 6.32. The van der Waals surface area contributed by atoms with Gasteiger partial charge in [0.25, 0.3) is 0 Å². The molecule has 0 bridgehead atoms. The maximum absolute atomic E-state index is 6.17. The zero-order valence-corrected chi connectivity index (χ0v) is 10.5. The molecule has 0 atom stereocenters. The Morgan fingerprint density at radius 3 is 2.69 bits per heavy atom. The van der Waals surface area contributed by atoms with Crippen LogP contribution in [0.25, 0.3) is 0 Å². The highest BCUT2D eigenvalue weighted by Gasteiger charge is 2.18. The summed E-state index contributed by atoms with van der Waals surface area (Å²) in [7, 11) is 0. The van der Waals surface area contributed by atoms with E-state index in [1.165, 1.54) is 18.5 Å². The average molecular weight is 239 g/mol. The summed E-state index contributed by atoms with van der Waals surface area (Å²) in [6.07, 6.45) is 2.52. The van der Waals surface area contributed by atoms with E-state index in [1.807, 2.05) is 12.1 Å². The number of benzene rings is 1. The van der Waals surface area contributed by atoms with Crippen molar-refractivity contribution in [1.82, 2.24) is 0 Å². The summed E-state index contributed by atoms with van der Waals surface area (Å²) in [6.45, 7) is 5.07. The summed E-state index contributed by atoms with van der Waals surface area (Å²) in [5.41, 5.74) is 8.08. The van der Waals surface area contributed by atoms with Crippen LogP contribution >= 0.6 is 11.6 Å². The van der Waals surface area contributed by atoms with Crippen molar-refractivity contribution in [2.75, 3.05) is 18.0 Å². The normalized spacial score (nSPS) is 17.8. The van der Waals surface area contributed by atoms with Gasteiger partial charge in [0.1, 0.15) is 0 Å². The van der Waals surface area contributed by atoms with E-state index in [9.17, 15) is 0 Å². The van der Waals surface area contributed by atoms with Crippen LogP contribution < -0.4 is 10.6 Å². The molecule has 3 heteroatoms. The fraction of sp³-hybridized carbons (Fsp3) is 0.538. The number of halogens is 1. The summed E-state index contributed by atoms with van der Waals surface area (Å²) in [5, 5.41) is 0.790. The average Bonchev–Trinajstić information content (AvgIpc) is 2.30. The summed E-state index contributed by atoms with van der Waals surface area (Å²) < 4.78 is 0. The Morgan fingerprint density at radius 2 is 2.06 bits per heavy atom. The van der Waals surface area contributed by atoms with E-state index in [2.05, 4.69) is 17.9 Å². The van der Waals surface area contributed by atoms with E-state index in [-0.39, 0.29) is 0 Å². The Bertz CT molecular complexity index is 357. The molecular formula is C13H19ClN2. The summed E-state index contributed by atoms with van der Waals surface area (Å²) >= 11 is 6.17. The van der Waals surface area contributed by atoms with Gasteiger partial charge in [-0.25, -0.2) is 0 Å². The maximum atomic E-state index is 6.17. The van der Waals surface area contributed by atoms with Crippen LogP contribution in [0.5, 0.6) is 0 Å². The molecule has 16 heavy (non-hydrogen) atoms. The van der Waals surface area contributed by atoms with Gasteiger partial charge in [0, 0.05) is 35.9 Å². The van der Waals surface area contributed by atoms with Crippen molar-refractivity contribution in [2.24, 2.45) is 11.7 Å². The second kappa shape index (κ2) is 5.07. The molecule has 0 amide bonds. The number of hydrogen-bond acceptors (Lipinski definition) is 2. The van der Waals surface area contributed by atoms with Gasteiger partial charge < -0.3 is 10.6 Å². The first kappa shape index (κ1) is 11.7. The summed E-state index contributed by atoms with van der Waals surface area (Å²) in [5.74, 6) is 0.844. The molecule has 0 aliphatic carbocycles. The second-order valence-corrected chi connectivity index (χ2v) is 5.02. The Hall–Kier alpha value is -0.730. The van der Waals surface area contributed by atoms with Gasteiger partial charge in [0.15, 0.2) is 0 Å². The minimum absolute atomic E-state index is 0.515. The second-order valence-electron chi connectivity index (χ2n) is 4.61. The van der Waals surface area contributed by atoms with E-state index in [0.717, 1.165) is 29.6 Å². The van der Waals surface area contributed by atoms with E-state index >= 15 is 0 Å². The van der Waals surface area contributed by atoms with Crippen LogP contribution in [0.3, 0.4) is 0 Å². The molecule has 2 nitrogen and oxygen atoms in total. The third-order valence-electron chi connectivity index (χ3n) is 3.42. The van der Waals surface area contributed by atoms with E-state index in [4.69, 9.17) is 17.3 Å². The van der Waals surface area contributed by atoms with Crippen LogP contribution in [0.2, 0.25) is 5.02 Å². The number of anilines is 1. The van der Waals surface area contributed by atoms with E-state index < -0.39 is 0 Å². The number of piperidine rings is 1. The van der Waals surface area contributed by atoms with Crippen LogP contribution in [0.4, 0.5) is 5.69 Å². The molecule has 1 aliphatic rings. The lowest BCUT2D eigenvalue weighted by Gasteiger charge is -2.33. The Labute approximate surface area is 102 Å². The van der Waals surface area contributed by atoms with Gasteiger partial charge in [0.2, 0.25) is 0 Å².